The van der Waals surface area contributed by atoms with E-state index in [1.54, 1.807) is 0 Å². The van der Waals surface area contributed by atoms with E-state index >= 15 is 0 Å². The molecule has 1 radical (unpaired) electrons. The third kappa shape index (κ3) is 19.9. The summed E-state index contributed by atoms with van der Waals surface area (Å²) in [7, 11) is 0. The molecule has 25 heavy (non-hydrogen) atoms. The van der Waals surface area contributed by atoms with Crippen molar-refractivity contribution >= 4 is 82.5 Å². The molecule has 0 amide bonds. The Morgan fingerprint density at radius 3 is 0.520 bits per heavy atom. The van der Waals surface area contributed by atoms with E-state index < -0.39 is 0 Å². The third-order valence-corrected chi connectivity index (χ3v) is 5.20. The van der Waals surface area contributed by atoms with Crippen molar-refractivity contribution in [2.24, 2.45) is 0 Å². The Bertz CT molecular complexity index is 394. The van der Waals surface area contributed by atoms with Gasteiger partial charge in [-0.15, -0.1) is 0 Å². The predicted molar refractivity (Wildman–Crippen MR) is 101 cm³/mol. The Morgan fingerprint density at radius 2 is 0.520 bits per heavy atom. The number of carbonyl (C=O) groups excluding carboxylic acids is 6. The number of rotatable bonds is 6. The van der Waals surface area contributed by atoms with Crippen molar-refractivity contribution in [3.05, 3.63) is 14.5 Å². The maximum atomic E-state index is 10.3. The van der Waals surface area contributed by atoms with Crippen molar-refractivity contribution < 1.29 is 48.2 Å². The van der Waals surface area contributed by atoms with Crippen molar-refractivity contribution in [1.29, 1.82) is 0 Å². The normalized spacial score (nSPS) is 8.04. The first kappa shape index (κ1) is 32.4. The monoisotopic (exact) mass is 633 g/mol. The average Bonchev–Trinajstić information content (AvgIpc) is 2.45. The number of hydrogen-bond acceptors (Lipinski definition) is 6. The van der Waals surface area contributed by atoms with E-state index in [0.717, 1.165) is 0 Å². The Labute approximate surface area is 185 Å². The van der Waals surface area contributed by atoms with Crippen LogP contribution in [0.5, 0.6) is 0 Å². The molecule has 0 bridgehead atoms. The summed E-state index contributed by atoms with van der Waals surface area (Å²) in [4.78, 5) is 62.1. The van der Waals surface area contributed by atoms with Gasteiger partial charge in [0.1, 0.15) is 0 Å². The minimum atomic E-state index is -0.225. The Kier molecular flexibility index (Phi) is 22.2. The third-order valence-electron chi connectivity index (χ3n) is 1.85. The molecular formula is C15H18Br3O6Ru. The molecule has 6 nitrogen and oxygen atoms in total. The quantitative estimate of drug-likeness (QED) is 0.253. The standard InChI is InChI=1S/3C5H6BrO2.Ru/c3*1-3(7)5(6)4(2)8;/h3*1-2H3;/q3*-1;+3. The number of hydrogen-bond donors (Lipinski definition) is 0. The molecule has 0 saturated heterocycles. The van der Waals surface area contributed by atoms with E-state index in [1.165, 1.54) is 41.5 Å². The van der Waals surface area contributed by atoms with E-state index in [1.807, 2.05) is 0 Å². The first-order valence-corrected chi connectivity index (χ1v) is 8.67. The molecule has 0 aliphatic heterocycles. The molecule has 0 aromatic heterocycles. The zero-order valence-corrected chi connectivity index (χ0v) is 20.9. The van der Waals surface area contributed by atoms with E-state index in [2.05, 4.69) is 47.8 Å². The van der Waals surface area contributed by atoms with Gasteiger partial charge in [-0.1, -0.05) is 0 Å². The van der Waals surface area contributed by atoms with Gasteiger partial charge in [-0.05, 0) is 41.5 Å². The summed E-state index contributed by atoms with van der Waals surface area (Å²) in [6.45, 7) is 8.03. The number of ketones is 6. The van der Waals surface area contributed by atoms with Crippen LogP contribution in [0.3, 0.4) is 0 Å². The smallest absolute Gasteiger partial charge is 0.333 e. The zero-order valence-electron chi connectivity index (χ0n) is 14.4. The van der Waals surface area contributed by atoms with Gasteiger partial charge in [0.05, 0.1) is 0 Å². The molecule has 143 valence electrons. The minimum absolute atomic E-state index is 0. The zero-order chi connectivity index (χ0) is 20.2. The van der Waals surface area contributed by atoms with Gasteiger partial charge in [-0.3, -0.25) is 47.8 Å². The number of carbonyl (C=O) groups is 6. The Morgan fingerprint density at radius 1 is 0.440 bits per heavy atom. The van der Waals surface area contributed by atoms with Crippen molar-refractivity contribution in [2.45, 2.75) is 41.5 Å². The van der Waals surface area contributed by atoms with Gasteiger partial charge in [0.25, 0.3) is 0 Å². The van der Waals surface area contributed by atoms with Crippen LogP contribution in [-0.2, 0) is 48.2 Å². The van der Waals surface area contributed by atoms with Crippen LogP contribution >= 0.6 is 47.8 Å². The van der Waals surface area contributed by atoms with Crippen LogP contribution in [0.25, 0.3) is 0 Å². The summed E-state index contributed by atoms with van der Waals surface area (Å²) in [6, 6.07) is 0. The van der Waals surface area contributed by atoms with Crippen LogP contribution in [0.2, 0.25) is 0 Å². The first-order valence-electron chi connectivity index (χ1n) is 6.29. The molecule has 0 heterocycles. The van der Waals surface area contributed by atoms with Crippen LogP contribution in [0.1, 0.15) is 41.5 Å². The fraction of sp³-hybridized carbons (Fsp3) is 0.400. The number of Topliss-reactive ketones (excluding diaryl/α,β-unsaturated/α-hetero) is 6. The van der Waals surface area contributed by atoms with E-state index in [0.29, 0.717) is 0 Å². The van der Waals surface area contributed by atoms with Crippen LogP contribution in [0, 0.1) is 14.5 Å². The van der Waals surface area contributed by atoms with E-state index in [-0.39, 0.29) is 68.7 Å². The molecule has 0 atom stereocenters. The fourth-order valence-electron chi connectivity index (χ4n) is 0.744. The molecule has 0 aliphatic carbocycles. The van der Waals surface area contributed by atoms with Gasteiger partial charge >= 0.3 is 19.5 Å². The Hall–Kier alpha value is -0.307. The van der Waals surface area contributed by atoms with Crippen molar-refractivity contribution in [1.82, 2.24) is 0 Å². The molecule has 10 heteroatoms. The van der Waals surface area contributed by atoms with Crippen LogP contribution < -0.4 is 0 Å². The maximum Gasteiger partial charge on any atom is 3.00 e. The second kappa shape index (κ2) is 17.1. The topological polar surface area (TPSA) is 102 Å². The average molecular weight is 635 g/mol. The van der Waals surface area contributed by atoms with Crippen molar-refractivity contribution in [3.8, 4) is 0 Å². The van der Waals surface area contributed by atoms with E-state index in [4.69, 9.17) is 0 Å². The van der Waals surface area contributed by atoms with Gasteiger partial charge in [0.15, 0.2) is 0 Å². The van der Waals surface area contributed by atoms with Crippen LogP contribution in [0.15, 0.2) is 0 Å². The fourth-order valence-corrected chi connectivity index (χ4v) is 0.744. The van der Waals surface area contributed by atoms with Gasteiger partial charge < -0.3 is 28.8 Å². The van der Waals surface area contributed by atoms with Crippen molar-refractivity contribution in [2.75, 3.05) is 0 Å². The van der Waals surface area contributed by atoms with Crippen LogP contribution in [0.4, 0.5) is 0 Å². The van der Waals surface area contributed by atoms with Gasteiger partial charge in [-0.25, -0.2) is 0 Å². The summed E-state index contributed by atoms with van der Waals surface area (Å²) >= 11 is 8.47. The Balaban J connectivity index is -0.000000130. The van der Waals surface area contributed by atoms with Gasteiger partial charge in [0, 0.05) is 34.7 Å². The molecule has 0 aliphatic rings. The molecule has 0 fully saturated rings. The second-order valence-corrected chi connectivity index (χ2v) is 6.66. The molecule has 0 aromatic rings. The maximum absolute atomic E-state index is 10.3. The molecule has 0 N–H and O–H groups in total. The predicted octanol–water partition coefficient (Wildman–Crippen LogP) is 3.27. The van der Waals surface area contributed by atoms with Gasteiger partial charge in [-0.2, -0.15) is 14.5 Å². The minimum Gasteiger partial charge on any atom is -0.333 e. The summed E-state index contributed by atoms with van der Waals surface area (Å²) in [5.41, 5.74) is 0. The number of halogens is 3. The largest absolute Gasteiger partial charge is 3.00 e. The first-order chi connectivity index (χ1) is 10.7. The van der Waals surface area contributed by atoms with Crippen molar-refractivity contribution in [3.63, 3.8) is 0 Å². The SMILES string of the molecule is CC(=O)[C-](Br)C(C)=O.CC(=O)[C-](Br)C(C)=O.CC(=O)[C-](Br)C(C)=O.[Ru+3]. The van der Waals surface area contributed by atoms with E-state index in [9.17, 15) is 28.8 Å². The summed E-state index contributed by atoms with van der Waals surface area (Å²) < 4.78 is 0. The molecule has 0 rings (SSSR count). The summed E-state index contributed by atoms with van der Waals surface area (Å²) in [5, 5.41) is 0. The summed E-state index contributed by atoms with van der Waals surface area (Å²) in [6.07, 6.45) is 0. The van der Waals surface area contributed by atoms with Crippen LogP contribution in [-0.4, -0.2) is 34.7 Å². The molecule has 0 aromatic carbocycles. The summed E-state index contributed by atoms with van der Waals surface area (Å²) in [5.74, 6) is -1.35. The second-order valence-electron chi connectivity index (χ2n) is 4.28. The molecule has 0 unspecified atom stereocenters. The molecule has 0 saturated carbocycles. The van der Waals surface area contributed by atoms with Gasteiger partial charge in [0.2, 0.25) is 0 Å². The molecular weight excluding hydrogens is 617 g/mol. The molecule has 0 spiro atoms.